The summed E-state index contributed by atoms with van der Waals surface area (Å²) in [6.07, 6.45) is 1.49. The average Bonchev–Trinajstić information content (AvgIpc) is 2.12. The molecule has 2 rings (SSSR count). The Bertz CT molecular complexity index is 518. The van der Waals surface area contributed by atoms with E-state index in [1.807, 2.05) is 0 Å². The van der Waals surface area contributed by atoms with Gasteiger partial charge in [0.2, 0.25) is 0 Å². The van der Waals surface area contributed by atoms with Crippen LogP contribution in [0.4, 0.5) is 8.78 Å². The number of benzene rings is 1. The third-order valence-corrected chi connectivity index (χ3v) is 2.15. The van der Waals surface area contributed by atoms with Crippen LogP contribution in [0.25, 0.3) is 10.9 Å². The molecule has 66 valence electrons. The average molecular weight is 197 g/mol. The summed E-state index contributed by atoms with van der Waals surface area (Å²) in [5.74, 6) is -0.999. The Labute approximate surface area is 78.0 Å². The molecule has 1 aromatic carbocycles. The lowest BCUT2D eigenvalue weighted by Crippen LogP contribution is -1.87. The van der Waals surface area contributed by atoms with E-state index in [-0.39, 0.29) is 10.9 Å². The van der Waals surface area contributed by atoms with Crippen molar-refractivity contribution in [2.45, 2.75) is 0 Å². The lowest BCUT2D eigenvalue weighted by Gasteiger charge is -2.00. The summed E-state index contributed by atoms with van der Waals surface area (Å²) in [5, 5.41) is 0.137. The molecule has 0 aliphatic heterocycles. The first-order valence-corrected chi connectivity index (χ1v) is 4.06. The number of hydrogen-bond donors (Lipinski definition) is 1. The predicted octanol–water partition coefficient (Wildman–Crippen LogP) is 3.18. The zero-order chi connectivity index (χ0) is 9.42. The van der Waals surface area contributed by atoms with E-state index in [1.54, 1.807) is 0 Å². The normalized spacial score (nSPS) is 10.6. The van der Waals surface area contributed by atoms with Gasteiger partial charge in [-0.05, 0) is 18.2 Å². The molecule has 0 bridgehead atoms. The van der Waals surface area contributed by atoms with Crippen molar-refractivity contribution in [1.29, 1.82) is 0 Å². The van der Waals surface area contributed by atoms with E-state index in [2.05, 4.69) is 4.98 Å². The highest BCUT2D eigenvalue weighted by Gasteiger charge is 2.06. The van der Waals surface area contributed by atoms with Gasteiger partial charge in [-0.2, -0.15) is 0 Å². The van der Waals surface area contributed by atoms with E-state index < -0.39 is 11.6 Å². The summed E-state index contributed by atoms with van der Waals surface area (Å²) < 4.78 is 26.6. The number of aromatic nitrogens is 1. The summed E-state index contributed by atoms with van der Waals surface area (Å²) >= 11 is 4.87. The topological polar surface area (TPSA) is 15.8 Å². The molecule has 1 nitrogen and oxygen atoms in total. The van der Waals surface area contributed by atoms with E-state index in [0.717, 1.165) is 12.1 Å². The Balaban J connectivity index is 3.09. The van der Waals surface area contributed by atoms with Crippen molar-refractivity contribution < 1.29 is 8.78 Å². The van der Waals surface area contributed by atoms with Gasteiger partial charge < -0.3 is 4.98 Å². The lowest BCUT2D eigenvalue weighted by molar-refractivity contribution is 0.615. The van der Waals surface area contributed by atoms with Crippen molar-refractivity contribution in [3.05, 3.63) is 40.5 Å². The van der Waals surface area contributed by atoms with Crippen LogP contribution in [-0.2, 0) is 0 Å². The Hall–Kier alpha value is -1.29. The second-order valence-corrected chi connectivity index (χ2v) is 3.06. The number of fused-ring (bicyclic) bond motifs is 1. The number of halogens is 2. The molecule has 0 aliphatic carbocycles. The van der Waals surface area contributed by atoms with E-state index in [9.17, 15) is 8.78 Å². The largest absolute Gasteiger partial charge is 0.359 e. The Kier molecular flexibility index (Phi) is 1.84. The van der Waals surface area contributed by atoms with Crippen LogP contribution in [0.2, 0.25) is 0 Å². The highest BCUT2D eigenvalue weighted by atomic mass is 32.1. The molecule has 13 heavy (non-hydrogen) atoms. The minimum absolute atomic E-state index is 0.118. The van der Waals surface area contributed by atoms with Gasteiger partial charge in [0, 0.05) is 6.20 Å². The zero-order valence-electron chi connectivity index (χ0n) is 6.47. The maximum absolute atomic E-state index is 13.2. The maximum atomic E-state index is 13.2. The molecule has 0 saturated heterocycles. The predicted molar refractivity (Wildman–Crippen MR) is 49.0 cm³/mol. The number of hydrogen-bond acceptors (Lipinski definition) is 1. The van der Waals surface area contributed by atoms with Crippen LogP contribution in [0.15, 0.2) is 24.4 Å². The molecule has 1 aromatic heterocycles. The summed E-state index contributed by atoms with van der Waals surface area (Å²) in [7, 11) is 0. The molecule has 0 fully saturated rings. The Morgan fingerprint density at radius 3 is 2.46 bits per heavy atom. The quantitative estimate of drug-likeness (QED) is 0.641. The molecule has 0 aliphatic rings. The van der Waals surface area contributed by atoms with Gasteiger partial charge in [0.05, 0.1) is 15.4 Å². The third-order valence-electron chi connectivity index (χ3n) is 1.81. The van der Waals surface area contributed by atoms with Crippen molar-refractivity contribution in [2.24, 2.45) is 0 Å². The second kappa shape index (κ2) is 2.88. The molecule has 1 N–H and O–H groups in total. The van der Waals surface area contributed by atoms with Gasteiger partial charge in [-0.15, -0.1) is 0 Å². The van der Waals surface area contributed by atoms with Crippen molar-refractivity contribution in [1.82, 2.24) is 4.98 Å². The van der Waals surface area contributed by atoms with Crippen LogP contribution >= 0.6 is 12.2 Å². The molecular formula is C9H5F2NS. The number of aromatic amines is 1. The fraction of sp³-hybridized carbons (Fsp3) is 0. The molecule has 1 heterocycles. The Morgan fingerprint density at radius 1 is 1.08 bits per heavy atom. The smallest absolute Gasteiger partial charge is 0.147 e. The van der Waals surface area contributed by atoms with Gasteiger partial charge in [0.1, 0.15) is 11.6 Å². The van der Waals surface area contributed by atoms with E-state index in [1.165, 1.54) is 12.3 Å². The van der Waals surface area contributed by atoms with Crippen LogP contribution in [0.5, 0.6) is 0 Å². The van der Waals surface area contributed by atoms with Crippen LogP contribution in [0.3, 0.4) is 0 Å². The van der Waals surface area contributed by atoms with Gasteiger partial charge >= 0.3 is 0 Å². The molecule has 0 unspecified atom stereocenters. The lowest BCUT2D eigenvalue weighted by atomic mass is 10.2. The maximum Gasteiger partial charge on any atom is 0.147 e. The Morgan fingerprint density at radius 2 is 1.77 bits per heavy atom. The standard InChI is InChI=1S/C9H5F2NS/c10-5-1-2-6(11)9-8(5)7(13)3-4-12-9/h1-4H,(H,12,13). The molecular weight excluding hydrogens is 192 g/mol. The summed E-state index contributed by atoms with van der Waals surface area (Å²) in [6.45, 7) is 0. The van der Waals surface area contributed by atoms with Crippen LogP contribution < -0.4 is 0 Å². The monoisotopic (exact) mass is 197 g/mol. The first kappa shape index (κ1) is 8.31. The fourth-order valence-electron chi connectivity index (χ4n) is 1.22. The van der Waals surface area contributed by atoms with Crippen LogP contribution in [0.1, 0.15) is 0 Å². The molecule has 4 heteroatoms. The number of pyridine rings is 1. The third kappa shape index (κ3) is 1.23. The van der Waals surface area contributed by atoms with Gasteiger partial charge in [0.15, 0.2) is 0 Å². The van der Waals surface area contributed by atoms with E-state index >= 15 is 0 Å². The van der Waals surface area contributed by atoms with E-state index in [0.29, 0.717) is 4.51 Å². The zero-order valence-corrected chi connectivity index (χ0v) is 7.29. The van der Waals surface area contributed by atoms with Crippen molar-refractivity contribution in [3.63, 3.8) is 0 Å². The van der Waals surface area contributed by atoms with Crippen molar-refractivity contribution in [2.75, 3.05) is 0 Å². The molecule has 0 spiro atoms. The minimum Gasteiger partial charge on any atom is -0.359 e. The number of nitrogens with one attached hydrogen (secondary N) is 1. The van der Waals surface area contributed by atoms with Crippen molar-refractivity contribution >= 4 is 23.1 Å². The molecule has 0 saturated carbocycles. The summed E-state index contributed by atoms with van der Waals surface area (Å²) in [5.41, 5.74) is 0.118. The van der Waals surface area contributed by atoms with E-state index in [4.69, 9.17) is 12.2 Å². The van der Waals surface area contributed by atoms with Gasteiger partial charge in [-0.3, -0.25) is 0 Å². The summed E-state index contributed by atoms with van der Waals surface area (Å²) in [6, 6.07) is 3.67. The SMILES string of the molecule is Fc1ccc(F)c2c(=S)cc[nH]c12. The van der Waals surface area contributed by atoms with Gasteiger partial charge in [-0.1, -0.05) is 12.2 Å². The molecule has 0 atom stereocenters. The van der Waals surface area contributed by atoms with Crippen LogP contribution in [-0.4, -0.2) is 4.98 Å². The van der Waals surface area contributed by atoms with Gasteiger partial charge in [-0.25, -0.2) is 8.78 Å². The second-order valence-electron chi connectivity index (χ2n) is 2.62. The first-order chi connectivity index (χ1) is 6.20. The van der Waals surface area contributed by atoms with Crippen LogP contribution in [0, 0.1) is 16.1 Å². The highest BCUT2D eigenvalue weighted by Crippen LogP contribution is 2.19. The fourth-order valence-corrected chi connectivity index (χ4v) is 1.49. The molecule has 2 aromatic rings. The van der Waals surface area contributed by atoms with Crippen molar-refractivity contribution in [3.8, 4) is 0 Å². The number of H-pyrrole nitrogens is 1. The highest BCUT2D eigenvalue weighted by molar-refractivity contribution is 7.71. The molecule has 0 radical (unpaired) electrons. The minimum atomic E-state index is -0.502. The van der Waals surface area contributed by atoms with Gasteiger partial charge in [0.25, 0.3) is 0 Å². The first-order valence-electron chi connectivity index (χ1n) is 3.65. The molecule has 0 amide bonds. The number of rotatable bonds is 0. The summed E-state index contributed by atoms with van der Waals surface area (Å²) in [4.78, 5) is 2.62.